The van der Waals surface area contributed by atoms with Crippen molar-refractivity contribution in [3.05, 3.63) is 29.8 Å². The Morgan fingerprint density at radius 1 is 1.30 bits per heavy atom. The van der Waals surface area contributed by atoms with E-state index in [0.29, 0.717) is 6.54 Å². The maximum Gasteiger partial charge on any atom is 0.253 e. The van der Waals surface area contributed by atoms with Gasteiger partial charge in [-0.1, -0.05) is 31.4 Å². The van der Waals surface area contributed by atoms with E-state index in [0.717, 1.165) is 24.1 Å². The molecule has 1 unspecified atom stereocenters. The van der Waals surface area contributed by atoms with Crippen LogP contribution in [0.25, 0.3) is 0 Å². The van der Waals surface area contributed by atoms with Crippen LogP contribution >= 0.6 is 0 Å². The smallest absolute Gasteiger partial charge is 0.253 e. The maximum atomic E-state index is 12.1. The van der Waals surface area contributed by atoms with Crippen LogP contribution in [0, 0.1) is 0 Å². The van der Waals surface area contributed by atoms with Crippen LogP contribution in [0.1, 0.15) is 44.6 Å². The van der Waals surface area contributed by atoms with Crippen LogP contribution < -0.4 is 11.1 Å². The Morgan fingerprint density at radius 3 is 2.55 bits per heavy atom. The zero-order chi connectivity index (χ0) is 14.4. The number of carbonyl (C=O) groups is 1. The van der Waals surface area contributed by atoms with Crippen LogP contribution in [0.4, 0.5) is 5.69 Å². The first-order valence-corrected chi connectivity index (χ1v) is 7.44. The van der Waals surface area contributed by atoms with Crippen molar-refractivity contribution < 1.29 is 9.53 Å². The highest BCUT2D eigenvalue weighted by molar-refractivity contribution is 5.93. The number of hydrogen-bond acceptors (Lipinski definition) is 3. The number of rotatable bonds is 5. The van der Waals surface area contributed by atoms with Gasteiger partial charge in [-0.15, -0.1) is 0 Å². The van der Waals surface area contributed by atoms with E-state index < -0.39 is 6.10 Å². The lowest BCUT2D eigenvalue weighted by molar-refractivity contribution is -0.131. The van der Waals surface area contributed by atoms with Gasteiger partial charge in [-0.3, -0.25) is 4.79 Å². The molecule has 0 aromatic heterocycles. The van der Waals surface area contributed by atoms with Crippen LogP contribution in [0.2, 0.25) is 0 Å². The van der Waals surface area contributed by atoms with E-state index in [1.165, 1.54) is 19.3 Å². The summed E-state index contributed by atoms with van der Waals surface area (Å²) in [5.74, 6) is -0.0870. The normalized spacial score (nSPS) is 17.7. The summed E-state index contributed by atoms with van der Waals surface area (Å²) in [4.78, 5) is 12.1. The zero-order valence-corrected chi connectivity index (χ0v) is 12.1. The highest BCUT2D eigenvalue weighted by atomic mass is 16.5. The van der Waals surface area contributed by atoms with E-state index in [9.17, 15) is 4.79 Å². The molecule has 1 saturated carbocycles. The summed E-state index contributed by atoms with van der Waals surface area (Å²) in [7, 11) is 0. The van der Waals surface area contributed by atoms with Crippen molar-refractivity contribution in [3.63, 3.8) is 0 Å². The number of ether oxygens (including phenoxy) is 1. The molecular weight excluding hydrogens is 252 g/mol. The molecule has 2 rings (SSSR count). The van der Waals surface area contributed by atoms with Crippen LogP contribution in [-0.4, -0.2) is 18.1 Å². The van der Waals surface area contributed by atoms with Crippen molar-refractivity contribution in [1.82, 2.24) is 0 Å². The summed E-state index contributed by atoms with van der Waals surface area (Å²) in [5.41, 5.74) is 7.38. The molecule has 1 aromatic rings. The van der Waals surface area contributed by atoms with E-state index in [-0.39, 0.29) is 12.0 Å². The van der Waals surface area contributed by atoms with Crippen LogP contribution in [0.3, 0.4) is 0 Å². The molecule has 1 aromatic carbocycles. The summed E-state index contributed by atoms with van der Waals surface area (Å²) >= 11 is 0. The Hall–Kier alpha value is -1.39. The molecule has 0 saturated heterocycles. The maximum absolute atomic E-state index is 12.1. The quantitative estimate of drug-likeness (QED) is 0.869. The Kier molecular flexibility index (Phi) is 5.56. The monoisotopic (exact) mass is 276 g/mol. The lowest BCUT2D eigenvalue weighted by Gasteiger charge is -2.25. The fraction of sp³-hybridized carbons (Fsp3) is 0.562. The fourth-order valence-electron chi connectivity index (χ4n) is 2.52. The van der Waals surface area contributed by atoms with E-state index >= 15 is 0 Å². The van der Waals surface area contributed by atoms with Crippen molar-refractivity contribution >= 4 is 11.6 Å². The average molecular weight is 276 g/mol. The third kappa shape index (κ3) is 4.32. The molecule has 0 aliphatic heterocycles. The van der Waals surface area contributed by atoms with Gasteiger partial charge in [-0.2, -0.15) is 0 Å². The number of anilines is 1. The molecule has 1 fully saturated rings. The summed E-state index contributed by atoms with van der Waals surface area (Å²) in [6.07, 6.45) is 5.68. The topological polar surface area (TPSA) is 64.3 Å². The van der Waals surface area contributed by atoms with Crippen molar-refractivity contribution in [3.8, 4) is 0 Å². The number of benzene rings is 1. The molecule has 0 spiro atoms. The number of nitrogens with two attached hydrogens (primary N) is 1. The SMILES string of the molecule is CC(OC1CCCCC1)C(=O)Nc1ccc(CN)cc1. The lowest BCUT2D eigenvalue weighted by atomic mass is 9.97. The highest BCUT2D eigenvalue weighted by Gasteiger charge is 2.21. The molecule has 0 heterocycles. The summed E-state index contributed by atoms with van der Waals surface area (Å²) < 4.78 is 5.84. The Labute approximate surface area is 120 Å². The summed E-state index contributed by atoms with van der Waals surface area (Å²) in [6, 6.07) is 7.57. The van der Waals surface area contributed by atoms with Gasteiger partial charge in [0.1, 0.15) is 6.10 Å². The molecule has 4 heteroatoms. The van der Waals surface area contributed by atoms with Gasteiger partial charge in [0.05, 0.1) is 6.10 Å². The minimum absolute atomic E-state index is 0.0870. The van der Waals surface area contributed by atoms with Crippen LogP contribution in [0.15, 0.2) is 24.3 Å². The zero-order valence-electron chi connectivity index (χ0n) is 12.1. The first-order valence-electron chi connectivity index (χ1n) is 7.44. The Morgan fingerprint density at radius 2 is 1.95 bits per heavy atom. The number of hydrogen-bond donors (Lipinski definition) is 2. The third-order valence-corrected chi connectivity index (χ3v) is 3.78. The molecule has 1 aliphatic rings. The first-order chi connectivity index (χ1) is 9.69. The number of nitrogens with one attached hydrogen (secondary N) is 1. The minimum atomic E-state index is -0.410. The molecule has 1 atom stereocenters. The summed E-state index contributed by atoms with van der Waals surface area (Å²) in [5, 5.41) is 2.88. The van der Waals surface area contributed by atoms with Gasteiger partial charge in [0.2, 0.25) is 0 Å². The van der Waals surface area contributed by atoms with Crippen LogP contribution in [0.5, 0.6) is 0 Å². The third-order valence-electron chi connectivity index (χ3n) is 3.78. The molecule has 1 amide bonds. The van der Waals surface area contributed by atoms with E-state index in [4.69, 9.17) is 10.5 Å². The molecule has 3 N–H and O–H groups in total. The molecular formula is C16H24N2O2. The number of carbonyl (C=O) groups excluding carboxylic acids is 1. The predicted octanol–water partition coefficient (Wildman–Crippen LogP) is 2.82. The first kappa shape index (κ1) is 15.0. The van der Waals surface area contributed by atoms with Gasteiger partial charge < -0.3 is 15.8 Å². The van der Waals surface area contributed by atoms with Crippen molar-refractivity contribution in [1.29, 1.82) is 0 Å². The lowest BCUT2D eigenvalue weighted by Crippen LogP contribution is -2.32. The standard InChI is InChI=1S/C16H24N2O2/c1-12(20-15-5-3-2-4-6-15)16(19)18-14-9-7-13(11-17)8-10-14/h7-10,12,15H,2-6,11,17H2,1H3,(H,18,19). The minimum Gasteiger partial charge on any atom is -0.365 e. The van der Waals surface area contributed by atoms with E-state index in [1.807, 2.05) is 31.2 Å². The van der Waals surface area contributed by atoms with Crippen molar-refractivity contribution in [2.75, 3.05) is 5.32 Å². The molecule has 110 valence electrons. The summed E-state index contributed by atoms with van der Waals surface area (Å²) in [6.45, 7) is 2.33. The van der Waals surface area contributed by atoms with E-state index in [1.54, 1.807) is 0 Å². The van der Waals surface area contributed by atoms with Gasteiger partial charge in [-0.05, 0) is 37.5 Å². The average Bonchev–Trinajstić information content (AvgIpc) is 2.49. The van der Waals surface area contributed by atoms with Gasteiger partial charge in [0.25, 0.3) is 5.91 Å². The second-order valence-corrected chi connectivity index (χ2v) is 5.43. The van der Waals surface area contributed by atoms with Crippen molar-refractivity contribution in [2.45, 2.75) is 57.8 Å². The fourth-order valence-corrected chi connectivity index (χ4v) is 2.52. The number of amides is 1. The van der Waals surface area contributed by atoms with Gasteiger partial charge in [0, 0.05) is 12.2 Å². The Balaban J connectivity index is 1.83. The van der Waals surface area contributed by atoms with Crippen LogP contribution in [-0.2, 0) is 16.1 Å². The van der Waals surface area contributed by atoms with Crippen molar-refractivity contribution in [2.24, 2.45) is 5.73 Å². The second-order valence-electron chi connectivity index (χ2n) is 5.43. The van der Waals surface area contributed by atoms with Gasteiger partial charge >= 0.3 is 0 Å². The largest absolute Gasteiger partial charge is 0.365 e. The van der Waals surface area contributed by atoms with Gasteiger partial charge in [0.15, 0.2) is 0 Å². The highest BCUT2D eigenvalue weighted by Crippen LogP contribution is 2.21. The molecule has 0 bridgehead atoms. The Bertz CT molecular complexity index is 425. The van der Waals surface area contributed by atoms with E-state index in [2.05, 4.69) is 5.32 Å². The molecule has 20 heavy (non-hydrogen) atoms. The van der Waals surface area contributed by atoms with Gasteiger partial charge in [-0.25, -0.2) is 0 Å². The second kappa shape index (κ2) is 7.41. The molecule has 0 radical (unpaired) electrons. The molecule has 1 aliphatic carbocycles. The predicted molar refractivity (Wildman–Crippen MR) is 80.4 cm³/mol. The molecule has 4 nitrogen and oxygen atoms in total.